The number of pyridine rings is 1. The molecule has 12 aromatic rings. The van der Waals surface area contributed by atoms with E-state index in [-0.39, 0.29) is 49.0 Å². The third kappa shape index (κ3) is 9.36. The molecule has 0 radical (unpaired) electrons. The molecule has 0 atom stereocenters. The van der Waals surface area contributed by atoms with Gasteiger partial charge in [0.15, 0.2) is 0 Å². The van der Waals surface area contributed by atoms with Crippen molar-refractivity contribution < 1.29 is 44.2 Å². The summed E-state index contributed by atoms with van der Waals surface area (Å²) < 4.78 is 104. The van der Waals surface area contributed by atoms with E-state index >= 15 is 0 Å². The van der Waals surface area contributed by atoms with Gasteiger partial charge in [0.25, 0.3) is 0 Å². The van der Waals surface area contributed by atoms with Crippen LogP contribution in [0.25, 0.3) is 72.1 Å². The number of anilines is 4. The van der Waals surface area contributed by atoms with Gasteiger partial charge in [0.05, 0.1) is 13.7 Å². The molecular weight excluding hydrogens is 1120 g/mol. The van der Waals surface area contributed by atoms with Crippen LogP contribution in [0.1, 0.15) is 40.0 Å². The van der Waals surface area contributed by atoms with Crippen LogP contribution in [0.3, 0.4) is 0 Å². The van der Waals surface area contributed by atoms with E-state index in [9.17, 15) is 0 Å². The van der Waals surface area contributed by atoms with Crippen LogP contribution < -0.4 is 19.3 Å². The zero-order chi connectivity index (χ0) is 59.9. The van der Waals surface area contributed by atoms with Gasteiger partial charge in [0.2, 0.25) is 0 Å². The van der Waals surface area contributed by atoms with Crippen molar-refractivity contribution in [3.63, 3.8) is 0 Å². The maximum absolute atomic E-state index is 9.15. The predicted octanol–water partition coefficient (Wildman–Crippen LogP) is 18.7. The van der Waals surface area contributed by atoms with Crippen molar-refractivity contribution in [3.8, 4) is 73.3 Å². The van der Waals surface area contributed by atoms with Crippen LogP contribution in [0, 0.1) is 18.8 Å². The Balaban J connectivity index is 0.00000739. The van der Waals surface area contributed by atoms with E-state index in [0.29, 0.717) is 51.4 Å². The van der Waals surface area contributed by atoms with E-state index in [1.807, 2.05) is 126 Å². The monoisotopic (exact) mass is 1180 g/mol. The summed E-state index contributed by atoms with van der Waals surface area (Å²) in [5.74, 6) is 2.65. The summed E-state index contributed by atoms with van der Waals surface area (Å²) in [5.41, 5.74) is 8.04. The number of ether oxygens (including phenoxy) is 2. The molecule has 0 N–H and O–H groups in total. The van der Waals surface area contributed by atoms with E-state index in [4.69, 9.17) is 28.2 Å². The van der Waals surface area contributed by atoms with Gasteiger partial charge in [-0.2, -0.15) is 6.07 Å². The zero-order valence-electron chi connectivity index (χ0n) is 51.9. The first-order valence-corrected chi connectivity index (χ1v) is 24.9. The molecule has 0 bridgehead atoms. The molecular formula is C70H51N4O2Pt-3. The summed E-state index contributed by atoms with van der Waals surface area (Å²) in [6.45, 7) is 8.05. The molecule has 0 spiro atoms. The second-order valence-corrected chi connectivity index (χ2v) is 19.3. The Morgan fingerprint density at radius 3 is 1.73 bits per heavy atom. The number of nitrogens with zero attached hydrogens (tertiary/aromatic N) is 4. The second-order valence-electron chi connectivity index (χ2n) is 19.3. The Bertz CT molecular complexity index is 4510. The minimum absolute atomic E-state index is 0. The molecule has 13 rings (SSSR count). The molecule has 3 heterocycles. The maximum Gasteiger partial charge on any atom is 0.143 e. The Morgan fingerprint density at radius 1 is 0.506 bits per heavy atom. The van der Waals surface area contributed by atoms with Crippen molar-refractivity contribution in [2.45, 2.75) is 26.2 Å². The molecule has 7 heteroatoms. The Morgan fingerprint density at radius 2 is 1.09 bits per heavy atom. The summed E-state index contributed by atoms with van der Waals surface area (Å²) in [6.07, 6.45) is 1.74. The fourth-order valence-electron chi connectivity index (χ4n) is 9.93. The van der Waals surface area contributed by atoms with Crippen molar-refractivity contribution in [3.05, 3.63) is 273 Å². The van der Waals surface area contributed by atoms with E-state index in [1.54, 1.807) is 36.0 Å². The standard InChI is InChI=1S/C70H51N4O2.Pt/c1-70(2,3)52-42-53(72-47-73(65-37-19-18-36-64(65)72)68-57(48-22-8-4-9-23-48)31-20-32-58(68)49-24-10-5-11-25-49)44-56(43-52)75-54-38-39-62-61-30-16-17-35-63(61)74(66(62)45-54)67-46-55(40-41-71-67)76-69-59(50-26-12-6-13-27-50)33-21-34-60(69)51-28-14-7-15-29-51;/h4-43,46-47H,1-3H3;/q-3;/i4D,5D,8D,9D,10D,11D,22D,23D,24D,25D;. The summed E-state index contributed by atoms with van der Waals surface area (Å²) >= 11 is 0. The second kappa shape index (κ2) is 20.6. The molecule has 0 fully saturated rings. The quantitative estimate of drug-likeness (QED) is 0.121. The third-order valence-electron chi connectivity index (χ3n) is 13.5. The molecule has 0 aliphatic carbocycles. The first-order valence-electron chi connectivity index (χ1n) is 29.9. The molecule has 6 nitrogen and oxygen atoms in total. The summed E-state index contributed by atoms with van der Waals surface area (Å²) in [7, 11) is 0. The maximum atomic E-state index is 9.15. The molecule has 376 valence electrons. The van der Waals surface area contributed by atoms with E-state index in [0.717, 1.165) is 44.1 Å². The van der Waals surface area contributed by atoms with Gasteiger partial charge in [-0.25, -0.2) is 4.98 Å². The summed E-state index contributed by atoms with van der Waals surface area (Å²) in [4.78, 5) is 8.60. The first-order chi connectivity index (χ1) is 41.5. The minimum Gasteiger partial charge on any atom is -0.509 e. The van der Waals surface area contributed by atoms with Gasteiger partial charge in [-0.1, -0.05) is 214 Å². The largest absolute Gasteiger partial charge is 0.509 e. The number of para-hydroxylation sites is 5. The number of fused-ring (bicyclic) bond motifs is 4. The van der Waals surface area contributed by atoms with Gasteiger partial charge in [0, 0.05) is 89.7 Å². The number of hydrogen-bond acceptors (Lipinski definition) is 5. The average molecular weight is 1190 g/mol. The molecule has 1 aliphatic rings. The number of hydrogen-bond donors (Lipinski definition) is 0. The van der Waals surface area contributed by atoms with Crippen molar-refractivity contribution in [1.82, 2.24) is 9.55 Å². The van der Waals surface area contributed by atoms with Crippen LogP contribution >= 0.6 is 0 Å². The van der Waals surface area contributed by atoms with Gasteiger partial charge >= 0.3 is 0 Å². The zero-order valence-corrected chi connectivity index (χ0v) is 44.2. The Labute approximate surface area is 478 Å². The van der Waals surface area contributed by atoms with Crippen LogP contribution in [-0.2, 0) is 26.5 Å². The van der Waals surface area contributed by atoms with Crippen molar-refractivity contribution >= 4 is 44.6 Å². The van der Waals surface area contributed by atoms with Gasteiger partial charge < -0.3 is 23.8 Å². The van der Waals surface area contributed by atoms with E-state index in [2.05, 4.69) is 79.9 Å². The summed E-state index contributed by atoms with van der Waals surface area (Å²) in [5, 5.41) is 1.91. The molecule has 77 heavy (non-hydrogen) atoms. The predicted molar refractivity (Wildman–Crippen MR) is 311 cm³/mol. The van der Waals surface area contributed by atoms with Crippen LogP contribution in [0.15, 0.2) is 249 Å². The van der Waals surface area contributed by atoms with Gasteiger partial charge in [-0.3, -0.25) is 0 Å². The summed E-state index contributed by atoms with van der Waals surface area (Å²) in [6, 6.07) is 60.5. The molecule has 0 saturated heterocycles. The molecule has 1 aliphatic heterocycles. The Kier molecular flexibility index (Phi) is 10.3. The van der Waals surface area contributed by atoms with Gasteiger partial charge in [-0.05, 0) is 57.3 Å². The van der Waals surface area contributed by atoms with E-state index in [1.165, 1.54) is 0 Å². The van der Waals surface area contributed by atoms with Crippen LogP contribution in [0.5, 0.6) is 23.0 Å². The normalized spacial score (nSPS) is 14.0. The molecule has 10 aromatic carbocycles. The SMILES string of the molecule is [2H]c1c([2H])c([2H])c(-c2cccc(-c3c([2H])c([2H])c([2H])c([2H])c3[2H])c2N2[CH-]N(c3[c-]c(Oc4[c-]c5c(cc4)c4ccccc4n5-c4cc(Oc5c(-c6ccccc6)cccc5-c5ccccc5)ccn4)cc(C(C)(C)C)c3)c3ccccc32)c([2H])c1[2H].[Pt]. The first kappa shape index (κ1) is 38.6. The van der Waals surface area contributed by atoms with Gasteiger partial charge in [-0.15, -0.1) is 53.6 Å². The molecule has 0 unspecified atom stereocenters. The molecule has 0 saturated carbocycles. The van der Waals surface area contributed by atoms with E-state index < -0.39 is 65.8 Å². The Hall–Kier alpha value is -8.96. The fraction of sp³-hybridized carbons (Fsp3) is 0.0571. The topological polar surface area (TPSA) is 42.8 Å². The van der Waals surface area contributed by atoms with Crippen molar-refractivity contribution in [2.24, 2.45) is 0 Å². The van der Waals surface area contributed by atoms with Gasteiger partial charge in [0.1, 0.15) is 17.3 Å². The number of aromatic nitrogens is 2. The minimum atomic E-state index is -0.573. The number of rotatable bonds is 11. The third-order valence-corrected chi connectivity index (χ3v) is 13.5. The van der Waals surface area contributed by atoms with Crippen LogP contribution in [0.2, 0.25) is 0 Å². The van der Waals surface area contributed by atoms with Crippen molar-refractivity contribution in [2.75, 3.05) is 9.80 Å². The fourth-order valence-corrected chi connectivity index (χ4v) is 9.93. The average Bonchev–Trinajstić information content (AvgIpc) is 1.81. The smallest absolute Gasteiger partial charge is 0.143 e. The molecule has 2 aromatic heterocycles. The number of benzene rings is 10. The van der Waals surface area contributed by atoms with Crippen molar-refractivity contribution in [1.29, 1.82) is 0 Å². The molecule has 0 amide bonds. The van der Waals surface area contributed by atoms with Crippen LogP contribution in [-0.4, -0.2) is 9.55 Å². The van der Waals surface area contributed by atoms with Crippen LogP contribution in [0.4, 0.5) is 22.7 Å².